The van der Waals surface area contributed by atoms with Gasteiger partial charge >= 0.3 is 17.9 Å². The van der Waals surface area contributed by atoms with E-state index in [9.17, 15) is 19.2 Å². The topological polar surface area (TPSA) is 118 Å². The summed E-state index contributed by atoms with van der Waals surface area (Å²) in [4.78, 5) is 53.6. The molecule has 1 aromatic heterocycles. The van der Waals surface area contributed by atoms with Crippen molar-refractivity contribution in [3.05, 3.63) is 54.0 Å². The number of ketones is 1. The third kappa shape index (κ3) is 4.08. The Labute approximate surface area is 220 Å². The van der Waals surface area contributed by atoms with Crippen molar-refractivity contribution in [3.8, 4) is 5.75 Å². The van der Waals surface area contributed by atoms with E-state index in [4.69, 9.17) is 23.4 Å². The van der Waals surface area contributed by atoms with Crippen molar-refractivity contribution in [2.24, 2.45) is 28.6 Å². The number of rotatable bonds is 5. The van der Waals surface area contributed by atoms with E-state index in [1.54, 1.807) is 30.3 Å². The molecular weight excluding hydrogens is 492 g/mol. The maximum atomic E-state index is 14.2. The van der Waals surface area contributed by atoms with Crippen LogP contribution in [0, 0.1) is 28.6 Å². The number of carbonyl (C=O) groups is 4. The van der Waals surface area contributed by atoms with Crippen LogP contribution in [0.15, 0.2) is 47.3 Å². The number of Topliss-reactive ketones (excluding diaryl/α,β-unsaturated/α-hetero) is 1. The smallest absolute Gasteiger partial charge is 0.338 e. The molecule has 0 N–H and O–H groups in total. The molecule has 3 aliphatic rings. The molecule has 3 fully saturated rings. The Balaban J connectivity index is 1.51. The molecule has 0 unspecified atom stereocenters. The maximum Gasteiger partial charge on any atom is 0.338 e. The normalized spacial score (nSPS) is 34.4. The third-order valence-corrected chi connectivity index (χ3v) is 9.08. The lowest BCUT2D eigenvalue weighted by Gasteiger charge is -2.61. The summed E-state index contributed by atoms with van der Waals surface area (Å²) in [5, 5.41) is 0. The fraction of sp³-hybridized carbons (Fsp3) is 0.517. The zero-order chi connectivity index (χ0) is 27.2. The second kappa shape index (κ2) is 9.60. The Bertz CT molecular complexity index is 1230. The molecule has 7 atom stereocenters. The van der Waals surface area contributed by atoms with Crippen LogP contribution in [0.4, 0.5) is 0 Å². The van der Waals surface area contributed by atoms with Gasteiger partial charge in [0.25, 0.3) is 0 Å². The summed E-state index contributed by atoms with van der Waals surface area (Å²) in [6, 6.07) is 8.11. The molecule has 202 valence electrons. The van der Waals surface area contributed by atoms with Crippen molar-refractivity contribution in [2.45, 2.75) is 51.7 Å². The van der Waals surface area contributed by atoms with E-state index >= 15 is 0 Å². The summed E-state index contributed by atoms with van der Waals surface area (Å²) >= 11 is 0. The zero-order valence-corrected chi connectivity index (χ0v) is 21.9. The summed E-state index contributed by atoms with van der Waals surface area (Å²) in [5.41, 5.74) is -0.647. The molecule has 2 saturated carbocycles. The molecule has 0 radical (unpaired) electrons. The molecule has 0 bridgehead atoms. The summed E-state index contributed by atoms with van der Waals surface area (Å²) in [7, 11) is 2.84. The van der Waals surface area contributed by atoms with E-state index in [2.05, 4.69) is 0 Å². The van der Waals surface area contributed by atoms with Gasteiger partial charge in [-0.05, 0) is 60.4 Å². The molecule has 9 nitrogen and oxygen atoms in total. The van der Waals surface area contributed by atoms with Crippen LogP contribution in [0.1, 0.15) is 61.6 Å². The Hall–Kier alpha value is -3.62. The lowest BCUT2D eigenvalue weighted by Crippen LogP contribution is -2.64. The largest absolute Gasteiger partial charge is 0.497 e. The molecule has 1 aliphatic heterocycles. The Morgan fingerprint density at radius 3 is 2.39 bits per heavy atom. The third-order valence-electron chi connectivity index (χ3n) is 9.08. The highest BCUT2D eigenvalue weighted by atomic mass is 16.6. The highest BCUT2D eigenvalue weighted by molar-refractivity contribution is 5.96. The Kier molecular flexibility index (Phi) is 6.57. The first-order valence-corrected chi connectivity index (χ1v) is 12.8. The molecule has 1 saturated heterocycles. The minimum absolute atomic E-state index is 0.0246. The van der Waals surface area contributed by atoms with Crippen molar-refractivity contribution in [3.63, 3.8) is 0 Å². The van der Waals surface area contributed by atoms with Gasteiger partial charge in [0, 0.05) is 17.9 Å². The van der Waals surface area contributed by atoms with E-state index < -0.39 is 52.7 Å². The predicted octanol–water partition coefficient (Wildman–Crippen LogP) is 4.30. The number of carbonyl (C=O) groups excluding carboxylic acids is 4. The van der Waals surface area contributed by atoms with Gasteiger partial charge in [-0.2, -0.15) is 0 Å². The van der Waals surface area contributed by atoms with Gasteiger partial charge in [0.15, 0.2) is 11.9 Å². The highest BCUT2D eigenvalue weighted by Crippen LogP contribution is 2.65. The lowest BCUT2D eigenvalue weighted by atomic mass is 9.43. The number of cyclic esters (lactones) is 1. The van der Waals surface area contributed by atoms with Crippen LogP contribution in [-0.4, -0.2) is 44.0 Å². The average Bonchev–Trinajstić information content (AvgIpc) is 3.44. The molecule has 2 aromatic rings. The average molecular weight is 525 g/mol. The van der Waals surface area contributed by atoms with Crippen molar-refractivity contribution >= 4 is 23.7 Å². The van der Waals surface area contributed by atoms with Crippen LogP contribution >= 0.6 is 0 Å². The predicted molar refractivity (Wildman–Crippen MR) is 132 cm³/mol. The van der Waals surface area contributed by atoms with Gasteiger partial charge in [-0.3, -0.25) is 14.4 Å². The van der Waals surface area contributed by atoms with Gasteiger partial charge in [0.2, 0.25) is 0 Å². The lowest BCUT2D eigenvalue weighted by molar-refractivity contribution is -0.208. The summed E-state index contributed by atoms with van der Waals surface area (Å²) in [6.45, 7) is 3.85. The molecule has 5 rings (SSSR count). The van der Waals surface area contributed by atoms with Crippen LogP contribution in [0.3, 0.4) is 0 Å². The SMILES string of the molecule is COC(=O)[C@@H]1C[C@H](OC(=O)c2ccc(OC)cc2)C(=O)[C@@H]2[C@@]3(C)C[C@@H](c4ccoc4)OC(=O)[C@H]3CC[C@]21C. The van der Waals surface area contributed by atoms with E-state index in [1.807, 2.05) is 13.8 Å². The van der Waals surface area contributed by atoms with E-state index in [0.29, 0.717) is 30.6 Å². The molecule has 2 aliphatic carbocycles. The number of benzene rings is 1. The summed E-state index contributed by atoms with van der Waals surface area (Å²) < 4.78 is 27.1. The molecular formula is C29H32O9. The van der Waals surface area contributed by atoms with Crippen LogP contribution in [0.25, 0.3) is 0 Å². The van der Waals surface area contributed by atoms with Crippen LogP contribution < -0.4 is 4.74 Å². The van der Waals surface area contributed by atoms with Crippen molar-refractivity contribution < 1.29 is 42.5 Å². The number of methoxy groups -OCH3 is 2. The number of furan rings is 1. The maximum absolute atomic E-state index is 14.2. The number of hydrogen-bond acceptors (Lipinski definition) is 9. The number of fused-ring (bicyclic) bond motifs is 3. The van der Waals surface area contributed by atoms with Gasteiger partial charge in [-0.15, -0.1) is 0 Å². The molecule has 38 heavy (non-hydrogen) atoms. The van der Waals surface area contributed by atoms with Crippen molar-refractivity contribution in [2.75, 3.05) is 14.2 Å². The van der Waals surface area contributed by atoms with Crippen LogP contribution in [0.2, 0.25) is 0 Å². The Morgan fingerprint density at radius 1 is 1.03 bits per heavy atom. The number of esters is 3. The molecule has 0 amide bonds. The first-order chi connectivity index (χ1) is 18.1. The highest BCUT2D eigenvalue weighted by Gasteiger charge is 2.67. The molecule has 0 spiro atoms. The minimum atomic E-state index is -1.16. The fourth-order valence-electron chi connectivity index (χ4n) is 7.19. The standard InChI is InChI=1S/C29H32O9/c1-28-11-9-19-27(33)38-22(17-10-12-36-15-17)14-29(19,2)24(28)23(30)21(13-20(28)26(32)35-4)37-25(31)16-5-7-18(34-3)8-6-16/h5-8,10,12,15,19-22,24H,9,11,13-14H2,1-4H3/t19-,20+,21+,22+,24+,28+,29+/m1/s1. The molecule has 9 heteroatoms. The Morgan fingerprint density at radius 2 is 1.76 bits per heavy atom. The first-order valence-electron chi connectivity index (χ1n) is 12.8. The summed E-state index contributed by atoms with van der Waals surface area (Å²) in [6.07, 6.45) is 2.65. The van der Waals surface area contributed by atoms with Gasteiger partial charge in [-0.25, -0.2) is 4.79 Å². The van der Waals surface area contributed by atoms with Crippen LogP contribution in [-0.2, 0) is 28.6 Å². The number of ether oxygens (including phenoxy) is 4. The van der Waals surface area contributed by atoms with E-state index in [-0.39, 0.29) is 23.7 Å². The van der Waals surface area contributed by atoms with E-state index in [0.717, 1.165) is 0 Å². The quantitative estimate of drug-likeness (QED) is 0.417. The molecule has 2 heterocycles. The van der Waals surface area contributed by atoms with Crippen LogP contribution in [0.5, 0.6) is 5.75 Å². The zero-order valence-electron chi connectivity index (χ0n) is 21.9. The van der Waals surface area contributed by atoms with Gasteiger partial charge in [-0.1, -0.05) is 13.8 Å². The molecule has 1 aromatic carbocycles. The second-order valence-corrected chi connectivity index (χ2v) is 11.1. The van der Waals surface area contributed by atoms with Crippen molar-refractivity contribution in [1.82, 2.24) is 0 Å². The van der Waals surface area contributed by atoms with E-state index in [1.165, 1.54) is 26.7 Å². The van der Waals surface area contributed by atoms with Crippen molar-refractivity contribution in [1.29, 1.82) is 0 Å². The second-order valence-electron chi connectivity index (χ2n) is 11.1. The monoisotopic (exact) mass is 524 g/mol. The first kappa shape index (κ1) is 26.0. The summed E-state index contributed by atoms with van der Waals surface area (Å²) in [5.74, 6) is -3.14. The van der Waals surface area contributed by atoms with Gasteiger partial charge in [0.1, 0.15) is 11.9 Å². The minimum Gasteiger partial charge on any atom is -0.497 e. The van der Waals surface area contributed by atoms with Gasteiger partial charge in [0.05, 0.1) is 44.1 Å². The van der Waals surface area contributed by atoms with Gasteiger partial charge < -0.3 is 23.4 Å². The number of hydrogen-bond donors (Lipinski definition) is 0. The fourth-order valence-corrected chi connectivity index (χ4v) is 7.19.